The summed E-state index contributed by atoms with van der Waals surface area (Å²) in [7, 11) is 6.60. The average Bonchev–Trinajstić information content (AvgIpc) is 2.17. The van der Waals surface area contributed by atoms with E-state index in [2.05, 4.69) is 51.5 Å². The smallest absolute Gasteiger partial charge is 0.104 e. The van der Waals surface area contributed by atoms with Crippen LogP contribution in [0.5, 0.6) is 0 Å². The predicted octanol–water partition coefficient (Wildman–Crippen LogP) is 1.04. The van der Waals surface area contributed by atoms with Gasteiger partial charge in [0.05, 0.1) is 21.1 Å². The van der Waals surface area contributed by atoms with Crippen LogP contribution in [0, 0.1) is 0 Å². The summed E-state index contributed by atoms with van der Waals surface area (Å²) in [5.74, 6) is -0.995. The fraction of sp³-hybridized carbons (Fsp3) is 0.462. The third kappa shape index (κ3) is 9.21. The van der Waals surface area contributed by atoms with Crippen molar-refractivity contribution < 1.29 is 14.4 Å². The molecule has 90 valence electrons. The Hall–Kier alpha value is -1.35. The van der Waals surface area contributed by atoms with E-state index in [4.69, 9.17) is 0 Å². The normalized spacial score (nSPS) is 10.2. The number of carbonyl (C=O) groups excluding carboxylic acids is 1. The van der Waals surface area contributed by atoms with E-state index in [1.165, 1.54) is 12.5 Å². The summed E-state index contributed by atoms with van der Waals surface area (Å²) >= 11 is 0. The average molecular weight is 223 g/mol. The van der Waals surface area contributed by atoms with E-state index in [0.29, 0.717) is 0 Å². The molecule has 0 bridgehead atoms. The zero-order valence-corrected chi connectivity index (χ0v) is 10.6. The molecular weight excluding hydrogens is 202 g/mol. The maximum atomic E-state index is 9.26. The van der Waals surface area contributed by atoms with Crippen molar-refractivity contribution in [2.45, 2.75) is 19.9 Å². The highest BCUT2D eigenvalue weighted by molar-refractivity contribution is 5.63. The van der Waals surface area contributed by atoms with Crippen LogP contribution in [0.1, 0.15) is 18.9 Å². The fourth-order valence-corrected chi connectivity index (χ4v) is 1.13. The molecule has 0 saturated heterocycles. The summed E-state index contributed by atoms with van der Waals surface area (Å²) in [5, 5.41) is 9.26. The van der Waals surface area contributed by atoms with E-state index >= 15 is 0 Å². The van der Waals surface area contributed by atoms with Crippen LogP contribution in [0.15, 0.2) is 30.3 Å². The summed E-state index contributed by atoms with van der Waals surface area (Å²) in [6.45, 7) is 2.64. The summed E-state index contributed by atoms with van der Waals surface area (Å²) in [4.78, 5) is 9.26. The summed E-state index contributed by atoms with van der Waals surface area (Å²) in [6, 6.07) is 10.6. The number of nitrogens with zero attached hydrogens (tertiary/aromatic N) is 1. The largest absolute Gasteiger partial charge is 0.550 e. The van der Waals surface area contributed by atoms with E-state index in [-0.39, 0.29) is 6.42 Å². The van der Waals surface area contributed by atoms with Crippen molar-refractivity contribution in [3.05, 3.63) is 35.9 Å². The van der Waals surface area contributed by atoms with Gasteiger partial charge >= 0.3 is 0 Å². The van der Waals surface area contributed by atoms with E-state index < -0.39 is 5.97 Å². The predicted molar refractivity (Wildman–Crippen MR) is 63.5 cm³/mol. The third-order valence-corrected chi connectivity index (χ3v) is 1.79. The maximum absolute atomic E-state index is 9.26. The Morgan fingerprint density at radius 1 is 1.19 bits per heavy atom. The second kappa shape index (κ2) is 7.01. The lowest BCUT2D eigenvalue weighted by atomic mass is 10.2. The van der Waals surface area contributed by atoms with Crippen molar-refractivity contribution in [2.24, 2.45) is 0 Å². The van der Waals surface area contributed by atoms with Crippen LogP contribution in [0.4, 0.5) is 0 Å². The molecule has 0 radical (unpaired) electrons. The quantitative estimate of drug-likeness (QED) is 0.718. The molecule has 0 aliphatic heterocycles. The van der Waals surface area contributed by atoms with Crippen LogP contribution in [0.25, 0.3) is 0 Å². The van der Waals surface area contributed by atoms with Gasteiger partial charge in [-0.2, -0.15) is 0 Å². The Labute approximate surface area is 97.9 Å². The van der Waals surface area contributed by atoms with Crippen molar-refractivity contribution in [3.63, 3.8) is 0 Å². The molecule has 0 atom stereocenters. The number of carbonyl (C=O) groups is 1. The molecule has 0 fully saturated rings. The molecular formula is C13H21NO2. The van der Waals surface area contributed by atoms with E-state index in [1.54, 1.807) is 0 Å². The van der Waals surface area contributed by atoms with E-state index in [1.807, 2.05) is 0 Å². The molecule has 1 aromatic rings. The zero-order chi connectivity index (χ0) is 12.6. The standard InChI is InChI=1S/C10H16N.C3H6O2/c1-11(2,3)9-10-7-5-4-6-8-10;1-2-3(4)5/h4-8H,9H2,1-3H3;2H2,1H3,(H,4,5)/q+1;/p-1. The first-order valence-electron chi connectivity index (χ1n) is 5.39. The molecule has 0 unspecified atom stereocenters. The molecule has 1 rings (SSSR count). The lowest BCUT2D eigenvalue weighted by Crippen LogP contribution is -2.33. The molecule has 0 aromatic heterocycles. The molecule has 3 nitrogen and oxygen atoms in total. The van der Waals surface area contributed by atoms with Gasteiger partial charge in [-0.3, -0.25) is 0 Å². The molecule has 0 aliphatic carbocycles. The lowest BCUT2D eigenvalue weighted by molar-refractivity contribution is -0.884. The third-order valence-electron chi connectivity index (χ3n) is 1.79. The number of carboxylic acids is 1. The Bertz CT molecular complexity index is 301. The highest BCUT2D eigenvalue weighted by Gasteiger charge is 2.06. The second-order valence-electron chi connectivity index (χ2n) is 4.66. The van der Waals surface area contributed by atoms with E-state index in [9.17, 15) is 9.90 Å². The van der Waals surface area contributed by atoms with Crippen LogP contribution in [-0.2, 0) is 11.3 Å². The van der Waals surface area contributed by atoms with Crippen LogP contribution < -0.4 is 5.11 Å². The summed E-state index contributed by atoms with van der Waals surface area (Å²) in [5.41, 5.74) is 1.40. The van der Waals surface area contributed by atoms with Crippen LogP contribution >= 0.6 is 0 Å². The summed E-state index contributed by atoms with van der Waals surface area (Å²) in [6.07, 6.45) is 0.111. The number of benzene rings is 1. The minimum Gasteiger partial charge on any atom is -0.550 e. The highest BCUT2D eigenvalue weighted by atomic mass is 16.4. The second-order valence-corrected chi connectivity index (χ2v) is 4.66. The number of hydrogen-bond donors (Lipinski definition) is 0. The van der Waals surface area contributed by atoms with Gasteiger partial charge in [-0.25, -0.2) is 0 Å². The van der Waals surface area contributed by atoms with E-state index in [0.717, 1.165) is 11.0 Å². The molecule has 3 heteroatoms. The van der Waals surface area contributed by atoms with Gasteiger partial charge in [0, 0.05) is 11.5 Å². The molecule has 1 aromatic carbocycles. The minimum atomic E-state index is -0.995. The number of quaternary nitrogens is 1. The first-order chi connectivity index (χ1) is 7.35. The minimum absolute atomic E-state index is 0.111. The Morgan fingerprint density at radius 2 is 1.62 bits per heavy atom. The lowest BCUT2D eigenvalue weighted by Gasteiger charge is -2.23. The van der Waals surface area contributed by atoms with Crippen molar-refractivity contribution in [2.75, 3.05) is 21.1 Å². The van der Waals surface area contributed by atoms with Crippen LogP contribution in [0.2, 0.25) is 0 Å². The first-order valence-corrected chi connectivity index (χ1v) is 5.39. The van der Waals surface area contributed by atoms with Gasteiger partial charge in [-0.1, -0.05) is 37.3 Å². The molecule has 0 N–H and O–H groups in total. The number of carboxylic acid groups (broad SMARTS) is 1. The Balaban J connectivity index is 0.000000385. The van der Waals surface area contributed by atoms with Gasteiger partial charge in [-0.15, -0.1) is 0 Å². The van der Waals surface area contributed by atoms with Crippen LogP contribution in [-0.4, -0.2) is 31.6 Å². The molecule has 16 heavy (non-hydrogen) atoms. The maximum Gasteiger partial charge on any atom is 0.104 e. The number of aliphatic carboxylic acids is 1. The van der Waals surface area contributed by atoms with Crippen molar-refractivity contribution in [1.82, 2.24) is 0 Å². The molecule has 0 aliphatic rings. The van der Waals surface area contributed by atoms with Gasteiger partial charge in [-0.05, 0) is 6.42 Å². The van der Waals surface area contributed by atoms with Gasteiger partial charge in [0.25, 0.3) is 0 Å². The Kier molecular flexibility index (Phi) is 6.42. The van der Waals surface area contributed by atoms with Crippen molar-refractivity contribution >= 4 is 5.97 Å². The topological polar surface area (TPSA) is 40.1 Å². The number of hydrogen-bond acceptors (Lipinski definition) is 2. The van der Waals surface area contributed by atoms with Crippen molar-refractivity contribution in [1.29, 1.82) is 0 Å². The monoisotopic (exact) mass is 223 g/mol. The zero-order valence-electron chi connectivity index (χ0n) is 10.6. The van der Waals surface area contributed by atoms with Crippen molar-refractivity contribution in [3.8, 4) is 0 Å². The highest BCUT2D eigenvalue weighted by Crippen LogP contribution is 2.05. The number of rotatable bonds is 3. The van der Waals surface area contributed by atoms with Gasteiger partial charge in [0.15, 0.2) is 0 Å². The molecule has 0 saturated carbocycles. The van der Waals surface area contributed by atoms with Gasteiger partial charge < -0.3 is 14.4 Å². The molecule has 0 spiro atoms. The first kappa shape index (κ1) is 14.6. The Morgan fingerprint density at radius 3 is 1.94 bits per heavy atom. The SMILES string of the molecule is CCC(=O)[O-].C[N+](C)(C)Cc1ccccc1. The van der Waals surface area contributed by atoms with Gasteiger partial charge in [0.2, 0.25) is 0 Å². The molecule has 0 amide bonds. The molecule has 0 heterocycles. The summed E-state index contributed by atoms with van der Waals surface area (Å²) < 4.78 is 0.990. The van der Waals surface area contributed by atoms with Crippen LogP contribution in [0.3, 0.4) is 0 Å². The van der Waals surface area contributed by atoms with Gasteiger partial charge in [0.1, 0.15) is 6.54 Å². The fourth-order valence-electron chi connectivity index (χ4n) is 1.13.